The predicted molar refractivity (Wildman–Crippen MR) is 104 cm³/mol. The minimum atomic E-state index is 0.0149. The molecule has 5 nitrogen and oxygen atoms in total. The molecule has 0 bridgehead atoms. The van der Waals surface area contributed by atoms with Gasteiger partial charge in [-0.1, -0.05) is 34.1 Å². The number of hydrogen-bond donors (Lipinski definition) is 0. The molecule has 136 valence electrons. The molecule has 1 saturated heterocycles. The summed E-state index contributed by atoms with van der Waals surface area (Å²) < 4.78 is 0.939. The van der Waals surface area contributed by atoms with E-state index >= 15 is 0 Å². The van der Waals surface area contributed by atoms with E-state index in [0.717, 1.165) is 24.1 Å². The summed E-state index contributed by atoms with van der Waals surface area (Å²) in [5.41, 5.74) is 1.84. The van der Waals surface area contributed by atoms with Crippen LogP contribution in [-0.4, -0.2) is 52.7 Å². The Kier molecular flexibility index (Phi) is 6.52. The number of pyridine rings is 1. The molecule has 0 radical (unpaired) electrons. The largest absolute Gasteiger partial charge is 0.340 e. The lowest BCUT2D eigenvalue weighted by Gasteiger charge is -2.34. The molecule has 6 heteroatoms. The Morgan fingerprint density at radius 2 is 1.73 bits per heavy atom. The zero-order valence-electron chi connectivity index (χ0n) is 14.6. The molecular formula is C20H22BrN3O2. The van der Waals surface area contributed by atoms with Crippen LogP contribution in [0.3, 0.4) is 0 Å². The third-order valence-electron chi connectivity index (χ3n) is 4.59. The number of Topliss-reactive ketones (excluding diaryl/α,β-unsaturated/α-hetero) is 1. The first-order chi connectivity index (χ1) is 12.6. The molecule has 26 heavy (non-hydrogen) atoms. The van der Waals surface area contributed by atoms with E-state index in [4.69, 9.17) is 0 Å². The zero-order chi connectivity index (χ0) is 18.4. The smallest absolute Gasteiger partial charge is 0.223 e. The minimum absolute atomic E-state index is 0.0149. The molecule has 3 rings (SSSR count). The number of amides is 1. The van der Waals surface area contributed by atoms with Crippen LogP contribution in [0.25, 0.3) is 0 Å². The van der Waals surface area contributed by atoms with Gasteiger partial charge in [0, 0.05) is 68.0 Å². The summed E-state index contributed by atoms with van der Waals surface area (Å²) in [6.45, 7) is 3.98. The molecule has 1 aliphatic rings. The normalized spacial score (nSPS) is 15.0. The average molecular weight is 416 g/mol. The highest BCUT2D eigenvalue weighted by Gasteiger charge is 2.21. The fraction of sp³-hybridized carbons (Fsp3) is 0.350. The minimum Gasteiger partial charge on any atom is -0.340 e. The maximum atomic E-state index is 12.4. The number of piperazine rings is 1. The van der Waals surface area contributed by atoms with Gasteiger partial charge in [-0.15, -0.1) is 0 Å². The Morgan fingerprint density at radius 3 is 2.38 bits per heavy atom. The van der Waals surface area contributed by atoms with Crippen molar-refractivity contribution in [3.63, 3.8) is 0 Å². The van der Waals surface area contributed by atoms with Gasteiger partial charge in [0.15, 0.2) is 5.78 Å². The van der Waals surface area contributed by atoms with Crippen molar-refractivity contribution in [2.24, 2.45) is 0 Å². The number of carbonyl (C=O) groups excluding carboxylic acids is 2. The summed E-state index contributed by atoms with van der Waals surface area (Å²) >= 11 is 3.35. The highest BCUT2D eigenvalue weighted by molar-refractivity contribution is 9.10. The number of ketones is 1. The van der Waals surface area contributed by atoms with E-state index in [-0.39, 0.29) is 24.5 Å². The lowest BCUT2D eigenvalue weighted by Crippen LogP contribution is -2.48. The molecule has 0 N–H and O–H groups in total. The second-order valence-corrected chi connectivity index (χ2v) is 7.36. The van der Waals surface area contributed by atoms with Gasteiger partial charge < -0.3 is 4.90 Å². The van der Waals surface area contributed by atoms with Crippen LogP contribution < -0.4 is 0 Å². The number of rotatable bonds is 6. The van der Waals surface area contributed by atoms with Crippen molar-refractivity contribution in [2.75, 3.05) is 26.2 Å². The number of carbonyl (C=O) groups is 2. The van der Waals surface area contributed by atoms with Crippen molar-refractivity contribution >= 4 is 27.6 Å². The first kappa shape index (κ1) is 18.7. The van der Waals surface area contributed by atoms with E-state index < -0.39 is 0 Å². The fourth-order valence-corrected chi connectivity index (χ4v) is 3.33. The van der Waals surface area contributed by atoms with Crippen LogP contribution >= 0.6 is 15.9 Å². The highest BCUT2D eigenvalue weighted by Crippen LogP contribution is 2.14. The van der Waals surface area contributed by atoms with Crippen LogP contribution in [0, 0.1) is 0 Å². The van der Waals surface area contributed by atoms with Gasteiger partial charge >= 0.3 is 0 Å². The van der Waals surface area contributed by atoms with Gasteiger partial charge in [0.05, 0.1) is 0 Å². The van der Waals surface area contributed by atoms with Crippen LogP contribution in [0.2, 0.25) is 0 Å². The molecule has 1 aromatic heterocycles. The summed E-state index contributed by atoms with van der Waals surface area (Å²) in [6.07, 6.45) is 4.19. The van der Waals surface area contributed by atoms with Crippen molar-refractivity contribution < 1.29 is 9.59 Å². The Morgan fingerprint density at radius 1 is 1.00 bits per heavy atom. The molecular weight excluding hydrogens is 394 g/mol. The van der Waals surface area contributed by atoms with E-state index in [1.54, 1.807) is 18.3 Å². The van der Waals surface area contributed by atoms with Gasteiger partial charge in [-0.3, -0.25) is 19.5 Å². The van der Waals surface area contributed by atoms with Crippen LogP contribution in [-0.2, 0) is 11.3 Å². The van der Waals surface area contributed by atoms with Gasteiger partial charge in [-0.2, -0.15) is 0 Å². The Bertz CT molecular complexity index is 741. The van der Waals surface area contributed by atoms with E-state index in [1.165, 1.54) is 5.56 Å². The second kappa shape index (κ2) is 9.05. The standard InChI is InChI=1S/C20H22BrN3O2/c21-18-5-3-17(4-6-18)19(25)7-8-20(26)24-12-10-23(11-13-24)15-16-2-1-9-22-14-16/h1-6,9,14H,7-8,10-13,15H2. The Hall–Kier alpha value is -2.05. The molecule has 0 atom stereocenters. The molecule has 1 aromatic carbocycles. The number of benzene rings is 1. The van der Waals surface area contributed by atoms with Crippen LogP contribution in [0.15, 0.2) is 53.3 Å². The van der Waals surface area contributed by atoms with Crippen molar-refractivity contribution in [3.8, 4) is 0 Å². The molecule has 0 aliphatic carbocycles. The summed E-state index contributed by atoms with van der Waals surface area (Å²) in [7, 11) is 0. The number of halogens is 1. The monoisotopic (exact) mass is 415 g/mol. The lowest BCUT2D eigenvalue weighted by molar-refractivity contribution is -0.132. The maximum absolute atomic E-state index is 12.4. The molecule has 2 aromatic rings. The summed E-state index contributed by atoms with van der Waals surface area (Å²) in [4.78, 5) is 32.9. The predicted octanol–water partition coefficient (Wildman–Crippen LogP) is 3.15. The van der Waals surface area contributed by atoms with Crippen molar-refractivity contribution in [3.05, 3.63) is 64.4 Å². The van der Waals surface area contributed by atoms with Gasteiger partial charge in [0.2, 0.25) is 5.91 Å². The maximum Gasteiger partial charge on any atom is 0.223 e. The molecule has 0 spiro atoms. The first-order valence-electron chi connectivity index (χ1n) is 8.79. The summed E-state index contributed by atoms with van der Waals surface area (Å²) in [5, 5.41) is 0. The molecule has 1 amide bonds. The molecule has 1 aliphatic heterocycles. The number of hydrogen-bond acceptors (Lipinski definition) is 4. The average Bonchev–Trinajstić information content (AvgIpc) is 2.68. The Labute approximate surface area is 162 Å². The highest BCUT2D eigenvalue weighted by atomic mass is 79.9. The third kappa shape index (κ3) is 5.22. The molecule has 0 saturated carbocycles. The van der Waals surface area contributed by atoms with Gasteiger partial charge in [-0.05, 0) is 23.8 Å². The lowest BCUT2D eigenvalue weighted by atomic mass is 10.1. The molecule has 1 fully saturated rings. The topological polar surface area (TPSA) is 53.5 Å². The van der Waals surface area contributed by atoms with E-state index in [9.17, 15) is 9.59 Å². The quantitative estimate of drug-likeness (QED) is 0.679. The van der Waals surface area contributed by atoms with E-state index in [2.05, 4.69) is 31.9 Å². The third-order valence-corrected chi connectivity index (χ3v) is 5.11. The number of nitrogens with zero attached hydrogens (tertiary/aromatic N) is 3. The SMILES string of the molecule is O=C(CCC(=O)N1CCN(Cc2cccnc2)CC1)c1ccc(Br)cc1. The van der Waals surface area contributed by atoms with Crippen LogP contribution in [0.5, 0.6) is 0 Å². The van der Waals surface area contributed by atoms with Gasteiger partial charge in [-0.25, -0.2) is 0 Å². The van der Waals surface area contributed by atoms with Crippen LogP contribution in [0.1, 0.15) is 28.8 Å². The first-order valence-corrected chi connectivity index (χ1v) is 9.59. The van der Waals surface area contributed by atoms with E-state index in [0.29, 0.717) is 18.7 Å². The van der Waals surface area contributed by atoms with Crippen LogP contribution in [0.4, 0.5) is 0 Å². The van der Waals surface area contributed by atoms with Gasteiger partial charge in [0.25, 0.3) is 0 Å². The van der Waals surface area contributed by atoms with E-state index in [1.807, 2.05) is 29.3 Å². The van der Waals surface area contributed by atoms with Crippen molar-refractivity contribution in [1.82, 2.24) is 14.8 Å². The molecule has 0 unspecified atom stereocenters. The summed E-state index contributed by atoms with van der Waals surface area (Å²) in [5.74, 6) is 0.0811. The Balaban J connectivity index is 1.42. The second-order valence-electron chi connectivity index (χ2n) is 6.45. The number of aromatic nitrogens is 1. The molecule has 2 heterocycles. The fourth-order valence-electron chi connectivity index (χ4n) is 3.06. The zero-order valence-corrected chi connectivity index (χ0v) is 16.2. The van der Waals surface area contributed by atoms with Gasteiger partial charge in [0.1, 0.15) is 0 Å². The van der Waals surface area contributed by atoms with Crippen molar-refractivity contribution in [2.45, 2.75) is 19.4 Å². The van der Waals surface area contributed by atoms with Crippen molar-refractivity contribution in [1.29, 1.82) is 0 Å². The summed E-state index contributed by atoms with van der Waals surface area (Å²) in [6, 6.07) is 11.3.